The highest BCUT2D eigenvalue weighted by Gasteiger charge is 2.21. The van der Waals surface area contributed by atoms with Crippen molar-refractivity contribution in [2.45, 2.75) is 11.4 Å². The summed E-state index contributed by atoms with van der Waals surface area (Å²) in [6.45, 7) is 2.23. The topological polar surface area (TPSA) is 96.7 Å². The number of rotatable bonds is 5. The van der Waals surface area contributed by atoms with Crippen molar-refractivity contribution in [3.63, 3.8) is 0 Å². The zero-order valence-electron chi connectivity index (χ0n) is 9.82. The lowest BCUT2D eigenvalue weighted by Gasteiger charge is -2.26. The molecule has 18 heavy (non-hydrogen) atoms. The molecule has 1 aliphatic rings. The third-order valence-corrected chi connectivity index (χ3v) is 3.84. The predicted molar refractivity (Wildman–Crippen MR) is 62.0 cm³/mol. The van der Waals surface area contributed by atoms with E-state index in [1.165, 1.54) is 17.1 Å². The number of hydrogen-bond donors (Lipinski definition) is 2. The Morgan fingerprint density at radius 1 is 1.44 bits per heavy atom. The first kappa shape index (κ1) is 13.4. The van der Waals surface area contributed by atoms with E-state index in [2.05, 4.69) is 9.93 Å². The van der Waals surface area contributed by atoms with Gasteiger partial charge < -0.3 is 9.84 Å². The normalized spacial score (nSPS) is 18.1. The minimum absolute atomic E-state index is 0.0853. The van der Waals surface area contributed by atoms with E-state index in [0.717, 1.165) is 0 Å². The van der Waals surface area contributed by atoms with Crippen molar-refractivity contribution in [3.8, 4) is 0 Å². The van der Waals surface area contributed by atoms with Crippen LogP contribution in [0.5, 0.6) is 0 Å². The molecule has 8 nitrogen and oxygen atoms in total. The van der Waals surface area contributed by atoms with E-state index in [-0.39, 0.29) is 18.0 Å². The van der Waals surface area contributed by atoms with Crippen LogP contribution in [-0.4, -0.2) is 61.2 Å². The van der Waals surface area contributed by atoms with Crippen LogP contribution in [0.3, 0.4) is 0 Å². The molecule has 2 rings (SSSR count). The van der Waals surface area contributed by atoms with Crippen molar-refractivity contribution in [2.24, 2.45) is 0 Å². The zero-order chi connectivity index (χ0) is 13.0. The van der Waals surface area contributed by atoms with Gasteiger partial charge in [0.2, 0.25) is 0 Å². The molecule has 1 aliphatic heterocycles. The quantitative estimate of drug-likeness (QED) is 0.672. The third-order valence-electron chi connectivity index (χ3n) is 2.51. The summed E-state index contributed by atoms with van der Waals surface area (Å²) in [4.78, 5) is 2.56. The van der Waals surface area contributed by atoms with Crippen LogP contribution in [0, 0.1) is 0 Å². The van der Waals surface area contributed by atoms with E-state index in [9.17, 15) is 8.42 Å². The van der Waals surface area contributed by atoms with E-state index < -0.39 is 10.0 Å². The molecule has 2 N–H and O–H groups in total. The van der Waals surface area contributed by atoms with Crippen molar-refractivity contribution < 1.29 is 18.3 Å². The predicted octanol–water partition coefficient (Wildman–Crippen LogP) is -1.60. The monoisotopic (exact) mass is 276 g/mol. The summed E-state index contributed by atoms with van der Waals surface area (Å²) in [6, 6.07) is 0. The fourth-order valence-electron chi connectivity index (χ4n) is 1.59. The van der Waals surface area contributed by atoms with Crippen molar-refractivity contribution in [2.75, 3.05) is 32.9 Å². The molecule has 1 aromatic heterocycles. The molecule has 2 heterocycles. The van der Waals surface area contributed by atoms with Crippen LogP contribution in [0.4, 0.5) is 0 Å². The van der Waals surface area contributed by atoms with Crippen LogP contribution in [0.15, 0.2) is 17.3 Å². The van der Waals surface area contributed by atoms with Crippen LogP contribution in [0.1, 0.15) is 0 Å². The van der Waals surface area contributed by atoms with E-state index in [4.69, 9.17) is 9.84 Å². The van der Waals surface area contributed by atoms with E-state index in [1.807, 2.05) is 0 Å². The Bertz CT molecular complexity index is 481. The Morgan fingerprint density at radius 2 is 2.17 bits per heavy atom. The number of ether oxygens (including phenoxy) is 1. The smallest absolute Gasteiger partial charge is 0.256 e. The molecular formula is C9H16N4O4S. The lowest BCUT2D eigenvalue weighted by molar-refractivity contribution is 0.0272. The van der Waals surface area contributed by atoms with Crippen LogP contribution in [0.25, 0.3) is 0 Å². The number of aliphatic hydroxyl groups is 1. The Labute approximate surface area is 105 Å². The van der Waals surface area contributed by atoms with Crippen molar-refractivity contribution in [3.05, 3.63) is 12.4 Å². The average molecular weight is 276 g/mol. The fourth-order valence-corrected chi connectivity index (χ4v) is 2.66. The number of nitrogens with zero attached hydrogens (tertiary/aromatic N) is 3. The molecule has 0 aromatic carbocycles. The molecule has 0 saturated carbocycles. The van der Waals surface area contributed by atoms with Gasteiger partial charge in [-0.25, -0.2) is 13.4 Å². The molecule has 1 saturated heterocycles. The number of hydrogen-bond acceptors (Lipinski definition) is 6. The Kier molecular flexibility index (Phi) is 4.30. The van der Waals surface area contributed by atoms with Crippen LogP contribution < -0.4 is 4.83 Å². The SMILES string of the molecule is O=S(=O)(NN1CCOCC1)c1cnn(CCO)c1. The molecule has 102 valence electrons. The van der Waals surface area contributed by atoms with Gasteiger partial charge in [0.1, 0.15) is 4.90 Å². The van der Waals surface area contributed by atoms with Gasteiger partial charge in [0.05, 0.1) is 32.6 Å². The molecule has 0 atom stereocenters. The highest BCUT2D eigenvalue weighted by atomic mass is 32.2. The summed E-state index contributed by atoms with van der Waals surface area (Å²) in [6.07, 6.45) is 2.65. The molecule has 0 amide bonds. The number of aliphatic hydroxyl groups excluding tert-OH is 1. The summed E-state index contributed by atoms with van der Waals surface area (Å²) in [5, 5.41) is 14.2. The standard InChI is InChI=1S/C9H16N4O4S/c14-4-1-13-8-9(7-10-13)18(15,16)11-12-2-5-17-6-3-12/h7-8,11,14H,1-6H2. The lowest BCUT2D eigenvalue weighted by atomic mass is 10.5. The minimum atomic E-state index is -3.60. The van der Waals surface area contributed by atoms with Crippen molar-refractivity contribution >= 4 is 10.0 Å². The summed E-state index contributed by atoms with van der Waals surface area (Å²) in [5.74, 6) is 0. The van der Waals surface area contributed by atoms with Gasteiger partial charge in [-0.1, -0.05) is 0 Å². The van der Waals surface area contributed by atoms with Gasteiger partial charge in [-0.2, -0.15) is 5.10 Å². The number of nitrogens with one attached hydrogen (secondary N) is 1. The van der Waals surface area contributed by atoms with E-state index in [0.29, 0.717) is 26.3 Å². The van der Waals surface area contributed by atoms with Crippen LogP contribution in [-0.2, 0) is 21.3 Å². The molecule has 0 unspecified atom stereocenters. The summed E-state index contributed by atoms with van der Waals surface area (Å²) in [5.41, 5.74) is 0. The van der Waals surface area contributed by atoms with Gasteiger partial charge in [0, 0.05) is 19.3 Å². The van der Waals surface area contributed by atoms with Crippen LogP contribution in [0.2, 0.25) is 0 Å². The minimum Gasteiger partial charge on any atom is -0.394 e. The Hall–Kier alpha value is -1.00. The summed E-state index contributed by atoms with van der Waals surface area (Å²) in [7, 11) is -3.60. The average Bonchev–Trinajstić information content (AvgIpc) is 2.80. The maximum absolute atomic E-state index is 12.0. The second-order valence-electron chi connectivity index (χ2n) is 3.86. The van der Waals surface area contributed by atoms with Gasteiger partial charge in [0.15, 0.2) is 0 Å². The van der Waals surface area contributed by atoms with Gasteiger partial charge in [-0.05, 0) is 0 Å². The second kappa shape index (κ2) is 5.76. The maximum Gasteiger partial charge on any atom is 0.256 e. The molecule has 0 spiro atoms. The molecule has 9 heteroatoms. The van der Waals surface area contributed by atoms with Gasteiger partial charge in [-0.3, -0.25) is 4.68 Å². The number of aromatic nitrogens is 2. The highest BCUT2D eigenvalue weighted by Crippen LogP contribution is 2.08. The molecular weight excluding hydrogens is 260 g/mol. The number of morpholine rings is 1. The number of sulfonamides is 1. The van der Waals surface area contributed by atoms with E-state index in [1.54, 1.807) is 5.01 Å². The molecule has 0 radical (unpaired) electrons. The fraction of sp³-hybridized carbons (Fsp3) is 0.667. The van der Waals surface area contributed by atoms with Crippen LogP contribution >= 0.6 is 0 Å². The summed E-state index contributed by atoms with van der Waals surface area (Å²) >= 11 is 0. The van der Waals surface area contributed by atoms with Crippen molar-refractivity contribution in [1.82, 2.24) is 19.6 Å². The molecule has 1 fully saturated rings. The zero-order valence-corrected chi connectivity index (χ0v) is 10.6. The first-order valence-electron chi connectivity index (χ1n) is 5.60. The largest absolute Gasteiger partial charge is 0.394 e. The maximum atomic E-state index is 12.0. The number of hydrazine groups is 1. The highest BCUT2D eigenvalue weighted by molar-refractivity contribution is 7.89. The second-order valence-corrected chi connectivity index (χ2v) is 5.52. The third kappa shape index (κ3) is 3.27. The Morgan fingerprint density at radius 3 is 2.83 bits per heavy atom. The Balaban J connectivity index is 2.04. The first-order chi connectivity index (χ1) is 8.62. The molecule has 0 aliphatic carbocycles. The van der Waals surface area contributed by atoms with Gasteiger partial charge in [0.25, 0.3) is 10.0 Å². The van der Waals surface area contributed by atoms with Crippen molar-refractivity contribution in [1.29, 1.82) is 0 Å². The lowest BCUT2D eigenvalue weighted by Crippen LogP contribution is -2.48. The summed E-state index contributed by atoms with van der Waals surface area (Å²) < 4.78 is 30.5. The molecule has 1 aromatic rings. The van der Waals surface area contributed by atoms with Gasteiger partial charge >= 0.3 is 0 Å². The first-order valence-corrected chi connectivity index (χ1v) is 7.08. The van der Waals surface area contributed by atoms with E-state index >= 15 is 0 Å². The molecule has 0 bridgehead atoms. The van der Waals surface area contributed by atoms with Gasteiger partial charge in [-0.15, -0.1) is 4.83 Å².